The molecule has 0 spiro atoms. The first-order valence-electron chi connectivity index (χ1n) is 7.31. The molecule has 22 heavy (non-hydrogen) atoms. The minimum absolute atomic E-state index is 0.107. The molecule has 6 heteroatoms. The molecule has 0 aliphatic carbocycles. The summed E-state index contributed by atoms with van der Waals surface area (Å²) in [6, 6.07) is 6.67. The largest absolute Gasteiger partial charge is 0.356 e. The average molecular weight is 308 g/mol. The van der Waals surface area contributed by atoms with Crippen molar-refractivity contribution in [2.24, 2.45) is 4.99 Å². The third-order valence-corrected chi connectivity index (χ3v) is 2.80. The standard InChI is InChI=1S/C16H25FN4O/c1-16(2,3)21-14(22)11-20-15(18-4)19-10-9-12-7-5-6-8-13(12)17/h5-8H,9-11H2,1-4H3,(H,21,22)(H2,18,19,20). The molecule has 0 unspecified atom stereocenters. The highest BCUT2D eigenvalue weighted by atomic mass is 19.1. The predicted octanol–water partition coefficient (Wildman–Crippen LogP) is 1.45. The number of amides is 1. The van der Waals surface area contributed by atoms with Gasteiger partial charge in [-0.1, -0.05) is 18.2 Å². The fourth-order valence-electron chi connectivity index (χ4n) is 1.86. The van der Waals surface area contributed by atoms with E-state index >= 15 is 0 Å². The number of hydrogen-bond donors (Lipinski definition) is 3. The number of nitrogens with one attached hydrogen (secondary N) is 3. The topological polar surface area (TPSA) is 65.5 Å². The Balaban J connectivity index is 2.34. The summed E-state index contributed by atoms with van der Waals surface area (Å²) in [6.07, 6.45) is 0.543. The summed E-state index contributed by atoms with van der Waals surface area (Å²) in [6.45, 7) is 6.43. The van der Waals surface area contributed by atoms with E-state index in [1.165, 1.54) is 6.07 Å². The van der Waals surface area contributed by atoms with E-state index in [4.69, 9.17) is 0 Å². The van der Waals surface area contributed by atoms with Crippen LogP contribution in [-0.4, -0.2) is 37.5 Å². The lowest BCUT2D eigenvalue weighted by Gasteiger charge is -2.21. The van der Waals surface area contributed by atoms with Crippen molar-refractivity contribution in [1.29, 1.82) is 0 Å². The number of nitrogens with zero attached hydrogens (tertiary/aromatic N) is 1. The van der Waals surface area contributed by atoms with Gasteiger partial charge in [0.1, 0.15) is 5.82 Å². The Labute approximate surface area is 131 Å². The highest BCUT2D eigenvalue weighted by Crippen LogP contribution is 2.06. The minimum Gasteiger partial charge on any atom is -0.356 e. The Morgan fingerprint density at radius 2 is 1.91 bits per heavy atom. The molecular formula is C16H25FN4O. The minimum atomic E-state index is -0.263. The van der Waals surface area contributed by atoms with E-state index in [-0.39, 0.29) is 23.8 Å². The molecule has 3 N–H and O–H groups in total. The molecule has 0 saturated carbocycles. The van der Waals surface area contributed by atoms with E-state index in [0.29, 0.717) is 24.5 Å². The molecule has 1 aromatic carbocycles. The Kier molecular flexibility index (Phi) is 6.82. The van der Waals surface area contributed by atoms with Gasteiger partial charge in [0, 0.05) is 19.1 Å². The van der Waals surface area contributed by atoms with Crippen molar-refractivity contribution in [1.82, 2.24) is 16.0 Å². The molecule has 0 atom stereocenters. The van der Waals surface area contributed by atoms with Crippen LogP contribution in [0.4, 0.5) is 4.39 Å². The van der Waals surface area contributed by atoms with Crippen LogP contribution in [-0.2, 0) is 11.2 Å². The first-order chi connectivity index (χ1) is 10.3. The molecule has 0 aliphatic rings. The maximum Gasteiger partial charge on any atom is 0.239 e. The van der Waals surface area contributed by atoms with Gasteiger partial charge in [-0.2, -0.15) is 0 Å². The third kappa shape index (κ3) is 7.06. The predicted molar refractivity (Wildman–Crippen MR) is 87.4 cm³/mol. The SMILES string of the molecule is CN=C(NCCc1ccccc1F)NCC(=O)NC(C)(C)C. The Morgan fingerprint density at radius 1 is 1.23 bits per heavy atom. The zero-order valence-corrected chi connectivity index (χ0v) is 13.7. The van der Waals surface area contributed by atoms with E-state index in [0.717, 1.165) is 0 Å². The van der Waals surface area contributed by atoms with E-state index in [1.54, 1.807) is 19.2 Å². The van der Waals surface area contributed by atoms with Gasteiger partial charge in [0.05, 0.1) is 6.54 Å². The van der Waals surface area contributed by atoms with Crippen LogP contribution >= 0.6 is 0 Å². The van der Waals surface area contributed by atoms with E-state index in [1.807, 2.05) is 26.8 Å². The van der Waals surface area contributed by atoms with Gasteiger partial charge in [0.2, 0.25) is 5.91 Å². The van der Waals surface area contributed by atoms with Crippen LogP contribution in [0.25, 0.3) is 0 Å². The molecule has 0 bridgehead atoms. The van der Waals surface area contributed by atoms with Crippen molar-refractivity contribution in [2.45, 2.75) is 32.7 Å². The second-order valence-corrected chi connectivity index (χ2v) is 5.99. The van der Waals surface area contributed by atoms with Crippen molar-refractivity contribution in [2.75, 3.05) is 20.1 Å². The van der Waals surface area contributed by atoms with Gasteiger partial charge in [-0.15, -0.1) is 0 Å². The molecule has 0 fully saturated rings. The summed E-state index contributed by atoms with van der Waals surface area (Å²) in [5, 5.41) is 8.84. The summed E-state index contributed by atoms with van der Waals surface area (Å²) in [5.74, 6) is 0.196. The second kappa shape index (κ2) is 8.36. The van der Waals surface area contributed by atoms with E-state index < -0.39 is 0 Å². The number of hydrogen-bond acceptors (Lipinski definition) is 2. The van der Waals surface area contributed by atoms with E-state index in [9.17, 15) is 9.18 Å². The summed E-state index contributed by atoms with van der Waals surface area (Å²) < 4.78 is 13.5. The number of halogens is 1. The summed E-state index contributed by atoms with van der Waals surface area (Å²) in [7, 11) is 1.63. The quantitative estimate of drug-likeness (QED) is 0.570. The highest BCUT2D eigenvalue weighted by molar-refractivity contribution is 5.86. The molecule has 1 amide bonds. The van der Waals surface area contributed by atoms with Crippen LogP contribution in [0.3, 0.4) is 0 Å². The zero-order valence-electron chi connectivity index (χ0n) is 13.7. The molecule has 1 aromatic rings. The normalized spacial score (nSPS) is 12.0. The molecule has 5 nitrogen and oxygen atoms in total. The van der Waals surface area contributed by atoms with Crippen molar-refractivity contribution in [3.63, 3.8) is 0 Å². The maximum atomic E-state index is 13.5. The van der Waals surface area contributed by atoms with Gasteiger partial charge < -0.3 is 16.0 Å². The number of carbonyl (C=O) groups excluding carboxylic acids is 1. The Morgan fingerprint density at radius 3 is 2.50 bits per heavy atom. The lowest BCUT2D eigenvalue weighted by molar-refractivity contribution is -0.121. The zero-order chi connectivity index (χ0) is 16.6. The fourth-order valence-corrected chi connectivity index (χ4v) is 1.86. The van der Waals surface area contributed by atoms with Crippen LogP contribution in [0.2, 0.25) is 0 Å². The second-order valence-electron chi connectivity index (χ2n) is 5.99. The Hall–Kier alpha value is -2.11. The van der Waals surface area contributed by atoms with Crippen molar-refractivity contribution >= 4 is 11.9 Å². The van der Waals surface area contributed by atoms with Crippen molar-refractivity contribution in [3.8, 4) is 0 Å². The lowest BCUT2D eigenvalue weighted by Crippen LogP contribution is -2.48. The van der Waals surface area contributed by atoms with Gasteiger partial charge in [0.25, 0.3) is 0 Å². The van der Waals surface area contributed by atoms with Crippen molar-refractivity contribution in [3.05, 3.63) is 35.6 Å². The number of rotatable bonds is 5. The smallest absolute Gasteiger partial charge is 0.239 e. The molecule has 0 heterocycles. The Bertz CT molecular complexity index is 523. The number of benzene rings is 1. The summed E-state index contributed by atoms with van der Waals surface area (Å²) >= 11 is 0. The number of aliphatic imine (C=N–C) groups is 1. The maximum absolute atomic E-state index is 13.5. The monoisotopic (exact) mass is 308 g/mol. The van der Waals surface area contributed by atoms with Gasteiger partial charge >= 0.3 is 0 Å². The van der Waals surface area contributed by atoms with Crippen LogP contribution in [0.1, 0.15) is 26.3 Å². The van der Waals surface area contributed by atoms with Gasteiger partial charge in [-0.25, -0.2) is 4.39 Å². The molecule has 0 saturated heterocycles. The van der Waals surface area contributed by atoms with E-state index in [2.05, 4.69) is 20.9 Å². The van der Waals surface area contributed by atoms with Gasteiger partial charge in [-0.05, 0) is 38.8 Å². The number of carbonyl (C=O) groups is 1. The van der Waals surface area contributed by atoms with Crippen LogP contribution in [0, 0.1) is 5.82 Å². The molecule has 122 valence electrons. The molecule has 0 aromatic heterocycles. The number of guanidine groups is 1. The first-order valence-corrected chi connectivity index (χ1v) is 7.31. The third-order valence-electron chi connectivity index (χ3n) is 2.80. The fraction of sp³-hybridized carbons (Fsp3) is 0.500. The van der Waals surface area contributed by atoms with Gasteiger partial charge in [-0.3, -0.25) is 9.79 Å². The molecular weight excluding hydrogens is 283 g/mol. The van der Waals surface area contributed by atoms with Crippen LogP contribution in [0.5, 0.6) is 0 Å². The first kappa shape index (κ1) is 17.9. The van der Waals surface area contributed by atoms with Crippen LogP contribution in [0.15, 0.2) is 29.3 Å². The summed E-state index contributed by atoms with van der Waals surface area (Å²) in [4.78, 5) is 15.7. The molecule has 0 radical (unpaired) electrons. The highest BCUT2D eigenvalue weighted by Gasteiger charge is 2.13. The lowest BCUT2D eigenvalue weighted by atomic mass is 10.1. The van der Waals surface area contributed by atoms with Crippen molar-refractivity contribution < 1.29 is 9.18 Å². The molecule has 0 aliphatic heterocycles. The molecule has 1 rings (SSSR count). The van der Waals surface area contributed by atoms with Gasteiger partial charge in [0.15, 0.2) is 5.96 Å². The summed E-state index contributed by atoms with van der Waals surface area (Å²) in [5.41, 5.74) is 0.386. The van der Waals surface area contributed by atoms with Crippen LogP contribution < -0.4 is 16.0 Å². The average Bonchev–Trinajstić information content (AvgIpc) is 2.42.